The molecule has 2 aromatic rings. The second kappa shape index (κ2) is 7.13. The number of rotatable bonds is 5. The van der Waals surface area contributed by atoms with Gasteiger partial charge in [-0.05, 0) is 36.2 Å². The third-order valence-corrected chi connectivity index (χ3v) is 4.39. The van der Waals surface area contributed by atoms with Crippen molar-refractivity contribution < 1.29 is 9.59 Å². The number of amides is 2. The molecular weight excluding hydrogens is 340 g/mol. The molecule has 1 atom stereocenters. The van der Waals surface area contributed by atoms with Crippen LogP contribution in [0.2, 0.25) is 5.02 Å². The number of nitrogens with zero attached hydrogens (tertiary/aromatic N) is 2. The number of anilines is 1. The Morgan fingerprint density at radius 3 is 2.52 bits per heavy atom. The molecule has 6 nitrogen and oxygen atoms in total. The number of hydrogen-bond donors (Lipinski definition) is 2. The van der Waals surface area contributed by atoms with Gasteiger partial charge in [-0.2, -0.15) is 0 Å². The van der Waals surface area contributed by atoms with Gasteiger partial charge in [-0.15, -0.1) is 5.53 Å². The monoisotopic (exact) mass is 358 g/mol. The number of hydrazine groups is 2. The Morgan fingerprint density at radius 2 is 1.88 bits per heavy atom. The van der Waals surface area contributed by atoms with E-state index >= 15 is 0 Å². The number of carbonyl (C=O) groups excluding carboxylic acids is 2. The van der Waals surface area contributed by atoms with Crippen LogP contribution in [0.15, 0.2) is 48.5 Å². The van der Waals surface area contributed by atoms with Crippen LogP contribution in [0.1, 0.15) is 35.3 Å². The highest BCUT2D eigenvalue weighted by molar-refractivity contribution is 6.30. The Hall–Kier alpha value is -2.57. The number of carbonyl (C=O) groups is 2. The Balaban J connectivity index is 2.03. The summed E-state index contributed by atoms with van der Waals surface area (Å²) in [5, 5.41) is 3.79. The number of nitrogens with one attached hydrogen (secondary N) is 1. The zero-order chi connectivity index (χ0) is 18.0. The van der Waals surface area contributed by atoms with Crippen LogP contribution in [0.4, 0.5) is 5.69 Å². The Labute approximate surface area is 151 Å². The van der Waals surface area contributed by atoms with Crippen LogP contribution in [0, 0.1) is 0 Å². The average Bonchev–Trinajstić information content (AvgIpc) is 2.60. The van der Waals surface area contributed by atoms with Gasteiger partial charge in [0.25, 0.3) is 5.91 Å². The van der Waals surface area contributed by atoms with E-state index in [1.807, 2.05) is 41.4 Å². The summed E-state index contributed by atoms with van der Waals surface area (Å²) >= 11 is 5.99. The van der Waals surface area contributed by atoms with Gasteiger partial charge in [0, 0.05) is 5.02 Å². The number of nitrogens with two attached hydrogens (primary N) is 1. The van der Waals surface area contributed by atoms with Gasteiger partial charge in [0.1, 0.15) is 6.54 Å². The van der Waals surface area contributed by atoms with E-state index < -0.39 is 5.91 Å². The van der Waals surface area contributed by atoms with Crippen LogP contribution in [0.5, 0.6) is 0 Å². The van der Waals surface area contributed by atoms with Crippen molar-refractivity contribution >= 4 is 29.1 Å². The molecule has 3 N–H and O–H groups in total. The van der Waals surface area contributed by atoms with E-state index in [0.29, 0.717) is 10.6 Å². The molecule has 25 heavy (non-hydrogen) atoms. The van der Waals surface area contributed by atoms with Gasteiger partial charge >= 0.3 is 0 Å². The first-order chi connectivity index (χ1) is 12.0. The summed E-state index contributed by atoms with van der Waals surface area (Å²) < 4.78 is 0. The van der Waals surface area contributed by atoms with Gasteiger partial charge in [-0.1, -0.05) is 42.8 Å². The van der Waals surface area contributed by atoms with Crippen molar-refractivity contribution in [1.29, 1.82) is 0 Å². The van der Waals surface area contributed by atoms with E-state index in [2.05, 4.69) is 12.5 Å². The lowest BCUT2D eigenvalue weighted by atomic mass is 10.0. The third kappa shape index (κ3) is 3.45. The normalized spacial score (nSPS) is 15.0. The molecular formula is C18H19ClN4O2. The zero-order valence-electron chi connectivity index (χ0n) is 13.8. The van der Waals surface area contributed by atoms with Crippen LogP contribution < -0.4 is 16.3 Å². The Kier molecular flexibility index (Phi) is 4.92. The van der Waals surface area contributed by atoms with Gasteiger partial charge in [0.2, 0.25) is 5.91 Å². The number of halogens is 1. The molecule has 0 saturated heterocycles. The maximum atomic E-state index is 12.6. The molecule has 1 aliphatic rings. The van der Waals surface area contributed by atoms with Gasteiger partial charge in [0.15, 0.2) is 0 Å². The van der Waals surface area contributed by atoms with Crippen molar-refractivity contribution in [2.45, 2.75) is 19.4 Å². The first-order valence-electron chi connectivity index (χ1n) is 8.01. The molecule has 0 aromatic heterocycles. The zero-order valence-corrected chi connectivity index (χ0v) is 14.5. The third-order valence-electron chi connectivity index (χ3n) is 4.13. The van der Waals surface area contributed by atoms with E-state index in [-0.39, 0.29) is 18.5 Å². The van der Waals surface area contributed by atoms with Gasteiger partial charge in [0.05, 0.1) is 17.3 Å². The summed E-state index contributed by atoms with van der Waals surface area (Å²) in [6, 6.07) is 14.8. The fourth-order valence-corrected chi connectivity index (χ4v) is 3.12. The summed E-state index contributed by atoms with van der Waals surface area (Å²) in [6.45, 7) is 1.85. The molecule has 0 aliphatic carbocycles. The summed E-state index contributed by atoms with van der Waals surface area (Å²) in [5.74, 6) is -0.865. The van der Waals surface area contributed by atoms with Crippen LogP contribution in [0.25, 0.3) is 0 Å². The molecule has 3 rings (SSSR count). The minimum atomic E-state index is -0.584. The summed E-state index contributed by atoms with van der Waals surface area (Å²) in [5.41, 5.74) is 10.6. The average molecular weight is 359 g/mol. The maximum absolute atomic E-state index is 12.6. The molecule has 1 unspecified atom stereocenters. The molecule has 0 saturated carbocycles. The lowest BCUT2D eigenvalue weighted by Gasteiger charge is -2.42. The van der Waals surface area contributed by atoms with E-state index in [9.17, 15) is 9.59 Å². The fraction of sp³-hybridized carbons (Fsp3) is 0.222. The van der Waals surface area contributed by atoms with Crippen molar-refractivity contribution in [3.05, 3.63) is 64.7 Å². The Morgan fingerprint density at radius 1 is 1.20 bits per heavy atom. The second-order valence-corrected chi connectivity index (χ2v) is 6.26. The molecule has 1 aliphatic heterocycles. The molecule has 2 amide bonds. The molecule has 7 heteroatoms. The smallest absolute Gasteiger partial charge is 0.272 e. The maximum Gasteiger partial charge on any atom is 0.272 e. The van der Waals surface area contributed by atoms with Gasteiger partial charge in [-0.25, -0.2) is 5.01 Å². The van der Waals surface area contributed by atoms with Crippen molar-refractivity contribution in [1.82, 2.24) is 10.5 Å². The number of primary amides is 1. The first-order valence-corrected chi connectivity index (χ1v) is 8.39. The standard InChI is InChI=1S/C18H19ClN4O2/c1-2-15(12-7-9-13(19)10-8-12)23-16-6-4-3-5-14(16)18(25)22(21-23)11-17(20)24/h3-10,15,21H,2,11H2,1H3,(H2,20,24). The molecule has 0 bridgehead atoms. The number of fused-ring (bicyclic) bond motifs is 1. The summed E-state index contributed by atoms with van der Waals surface area (Å²) in [7, 11) is 0. The summed E-state index contributed by atoms with van der Waals surface area (Å²) in [6.07, 6.45) is 0.779. The molecule has 2 aromatic carbocycles. The Bertz CT molecular complexity index is 794. The molecule has 1 heterocycles. The van der Waals surface area contributed by atoms with Gasteiger partial charge in [-0.3, -0.25) is 14.6 Å². The minimum Gasteiger partial charge on any atom is -0.368 e. The van der Waals surface area contributed by atoms with Crippen molar-refractivity contribution in [3.63, 3.8) is 0 Å². The van der Waals surface area contributed by atoms with Crippen LogP contribution in [-0.4, -0.2) is 23.4 Å². The van der Waals surface area contributed by atoms with E-state index in [4.69, 9.17) is 17.3 Å². The van der Waals surface area contributed by atoms with E-state index in [1.54, 1.807) is 12.1 Å². The summed E-state index contributed by atoms with van der Waals surface area (Å²) in [4.78, 5) is 23.9. The molecule has 130 valence electrons. The number of benzene rings is 2. The van der Waals surface area contributed by atoms with E-state index in [1.165, 1.54) is 5.01 Å². The highest BCUT2D eigenvalue weighted by atomic mass is 35.5. The van der Waals surface area contributed by atoms with Gasteiger partial charge < -0.3 is 5.73 Å². The number of hydrogen-bond acceptors (Lipinski definition) is 4. The highest BCUT2D eigenvalue weighted by Gasteiger charge is 2.33. The number of para-hydroxylation sites is 1. The SMILES string of the molecule is CCC(c1ccc(Cl)cc1)N1NN(CC(N)=O)C(=O)c2ccccc21. The topological polar surface area (TPSA) is 78.7 Å². The molecule has 0 radical (unpaired) electrons. The largest absolute Gasteiger partial charge is 0.368 e. The van der Waals surface area contributed by atoms with Crippen LogP contribution in [0.3, 0.4) is 0 Å². The fourth-order valence-electron chi connectivity index (χ4n) is 2.99. The predicted molar refractivity (Wildman–Crippen MR) is 96.8 cm³/mol. The van der Waals surface area contributed by atoms with Crippen molar-refractivity contribution in [3.8, 4) is 0 Å². The first kappa shape index (κ1) is 17.3. The van der Waals surface area contributed by atoms with Crippen molar-refractivity contribution in [2.75, 3.05) is 11.6 Å². The van der Waals surface area contributed by atoms with Crippen LogP contribution in [-0.2, 0) is 4.79 Å². The quantitative estimate of drug-likeness (QED) is 0.861. The predicted octanol–water partition coefficient (Wildman–Crippen LogP) is 2.66. The lowest BCUT2D eigenvalue weighted by Crippen LogP contribution is -2.59. The highest BCUT2D eigenvalue weighted by Crippen LogP contribution is 2.34. The van der Waals surface area contributed by atoms with Crippen LogP contribution >= 0.6 is 11.6 Å². The minimum absolute atomic E-state index is 0.0538. The second-order valence-electron chi connectivity index (χ2n) is 5.82. The van der Waals surface area contributed by atoms with Crippen molar-refractivity contribution in [2.24, 2.45) is 5.73 Å². The molecule has 0 fully saturated rings. The lowest BCUT2D eigenvalue weighted by molar-refractivity contribution is -0.119. The van der Waals surface area contributed by atoms with E-state index in [0.717, 1.165) is 17.7 Å². The molecule has 0 spiro atoms.